The number of carbonyl (C=O) groups is 1. The average molecular weight is 213 g/mol. The Hall–Kier alpha value is -1.78. The molecule has 4 nitrogen and oxygen atoms in total. The number of hydrogen-bond donors (Lipinski definition) is 1. The maximum atomic E-state index is 11.9. The number of ether oxygens (including phenoxy) is 2. The van der Waals surface area contributed by atoms with Gasteiger partial charge < -0.3 is 15.2 Å². The Bertz CT molecular complexity index is 355. The molecule has 0 amide bonds. The third kappa shape index (κ3) is 2.83. The molecular weight excluding hydrogens is 201 g/mol. The summed E-state index contributed by atoms with van der Waals surface area (Å²) in [6, 6.07) is 4.49. The van der Waals surface area contributed by atoms with Gasteiger partial charge in [0.15, 0.2) is 0 Å². The van der Waals surface area contributed by atoms with Crippen LogP contribution in [0.5, 0.6) is 5.75 Å². The molecule has 0 saturated carbocycles. The minimum absolute atomic E-state index is 0.118. The SMILES string of the molecule is COC(=O)c1ccc(N)cc1OCCF. The van der Waals surface area contributed by atoms with Gasteiger partial charge in [-0.05, 0) is 12.1 Å². The van der Waals surface area contributed by atoms with Crippen LogP contribution < -0.4 is 10.5 Å². The lowest BCUT2D eigenvalue weighted by molar-refractivity contribution is 0.0595. The topological polar surface area (TPSA) is 61.5 Å². The maximum absolute atomic E-state index is 11.9. The first-order chi connectivity index (χ1) is 7.19. The Morgan fingerprint density at radius 3 is 2.87 bits per heavy atom. The molecular formula is C10H12FNO3. The van der Waals surface area contributed by atoms with E-state index in [-0.39, 0.29) is 17.9 Å². The molecule has 82 valence electrons. The summed E-state index contributed by atoms with van der Waals surface area (Å²) in [6.45, 7) is -0.747. The Labute approximate surface area is 86.8 Å². The molecule has 0 heterocycles. The van der Waals surface area contributed by atoms with Crippen LogP contribution >= 0.6 is 0 Å². The highest BCUT2D eigenvalue weighted by Crippen LogP contribution is 2.22. The van der Waals surface area contributed by atoms with Crippen molar-refractivity contribution in [1.82, 2.24) is 0 Å². The minimum Gasteiger partial charge on any atom is -0.490 e. The fourth-order valence-corrected chi connectivity index (χ4v) is 1.09. The van der Waals surface area contributed by atoms with Gasteiger partial charge in [-0.25, -0.2) is 9.18 Å². The minimum atomic E-state index is -0.630. The number of alkyl halides is 1. The Morgan fingerprint density at radius 2 is 2.27 bits per heavy atom. The highest BCUT2D eigenvalue weighted by Gasteiger charge is 2.12. The third-order valence-corrected chi connectivity index (χ3v) is 1.75. The van der Waals surface area contributed by atoms with Gasteiger partial charge >= 0.3 is 5.97 Å². The summed E-state index contributed by atoms with van der Waals surface area (Å²) in [5, 5.41) is 0. The van der Waals surface area contributed by atoms with Crippen LogP contribution in [0, 0.1) is 0 Å². The molecule has 0 saturated heterocycles. The summed E-state index contributed by atoms with van der Waals surface area (Å²) in [5.74, 6) is -0.302. The van der Waals surface area contributed by atoms with Crippen LogP contribution in [0.15, 0.2) is 18.2 Å². The molecule has 15 heavy (non-hydrogen) atoms. The van der Waals surface area contributed by atoms with Crippen molar-refractivity contribution in [2.45, 2.75) is 0 Å². The van der Waals surface area contributed by atoms with Gasteiger partial charge in [-0.2, -0.15) is 0 Å². The highest BCUT2D eigenvalue weighted by molar-refractivity contribution is 5.93. The second-order valence-corrected chi connectivity index (χ2v) is 2.78. The molecule has 0 aliphatic heterocycles. The number of anilines is 1. The number of nitrogen functional groups attached to an aromatic ring is 1. The van der Waals surface area contributed by atoms with E-state index < -0.39 is 12.6 Å². The van der Waals surface area contributed by atoms with E-state index in [9.17, 15) is 9.18 Å². The van der Waals surface area contributed by atoms with Gasteiger partial charge in [0.2, 0.25) is 0 Å². The third-order valence-electron chi connectivity index (χ3n) is 1.75. The summed E-state index contributed by atoms with van der Waals surface area (Å²) in [4.78, 5) is 11.3. The molecule has 0 aliphatic rings. The largest absolute Gasteiger partial charge is 0.490 e. The van der Waals surface area contributed by atoms with Crippen molar-refractivity contribution in [3.8, 4) is 5.75 Å². The van der Waals surface area contributed by atoms with Gasteiger partial charge in [0, 0.05) is 11.8 Å². The van der Waals surface area contributed by atoms with Crippen molar-refractivity contribution >= 4 is 11.7 Å². The van der Waals surface area contributed by atoms with E-state index in [2.05, 4.69) is 4.74 Å². The lowest BCUT2D eigenvalue weighted by Gasteiger charge is -2.09. The highest BCUT2D eigenvalue weighted by atomic mass is 19.1. The van der Waals surface area contributed by atoms with Gasteiger partial charge in [-0.1, -0.05) is 0 Å². The van der Waals surface area contributed by atoms with Crippen molar-refractivity contribution in [3.05, 3.63) is 23.8 Å². The molecule has 0 aromatic heterocycles. The van der Waals surface area contributed by atoms with Crippen molar-refractivity contribution in [2.24, 2.45) is 0 Å². The zero-order chi connectivity index (χ0) is 11.3. The predicted octanol–water partition coefficient (Wildman–Crippen LogP) is 1.40. The molecule has 1 aromatic carbocycles. The number of hydrogen-bond acceptors (Lipinski definition) is 4. The second-order valence-electron chi connectivity index (χ2n) is 2.78. The first-order valence-electron chi connectivity index (χ1n) is 4.35. The Balaban J connectivity index is 2.97. The van der Waals surface area contributed by atoms with E-state index in [4.69, 9.17) is 10.5 Å². The summed E-state index contributed by atoms with van der Waals surface area (Å²) < 4.78 is 21.5. The molecule has 1 rings (SSSR count). The van der Waals surface area contributed by atoms with Gasteiger partial charge in [0.1, 0.15) is 24.6 Å². The maximum Gasteiger partial charge on any atom is 0.341 e. The van der Waals surface area contributed by atoms with Crippen LogP contribution in [0.4, 0.5) is 10.1 Å². The standard InChI is InChI=1S/C10H12FNO3/c1-14-10(13)8-3-2-7(12)6-9(8)15-5-4-11/h2-3,6H,4-5,12H2,1H3. The molecule has 0 fully saturated rings. The molecule has 5 heteroatoms. The van der Waals surface area contributed by atoms with Gasteiger partial charge in [-0.3, -0.25) is 0 Å². The van der Waals surface area contributed by atoms with Crippen LogP contribution in [-0.4, -0.2) is 26.4 Å². The molecule has 2 N–H and O–H groups in total. The van der Waals surface area contributed by atoms with E-state index in [1.807, 2.05) is 0 Å². The van der Waals surface area contributed by atoms with E-state index in [0.29, 0.717) is 5.69 Å². The average Bonchev–Trinajstić information content (AvgIpc) is 2.25. The molecule has 0 spiro atoms. The number of rotatable bonds is 4. The number of methoxy groups -OCH3 is 1. The smallest absolute Gasteiger partial charge is 0.341 e. The molecule has 0 bridgehead atoms. The Morgan fingerprint density at radius 1 is 1.53 bits per heavy atom. The predicted molar refractivity (Wildman–Crippen MR) is 53.7 cm³/mol. The summed E-state index contributed by atoms with van der Waals surface area (Å²) in [7, 11) is 1.26. The van der Waals surface area contributed by atoms with Crippen molar-refractivity contribution in [3.63, 3.8) is 0 Å². The quantitative estimate of drug-likeness (QED) is 0.606. The number of nitrogens with two attached hydrogens (primary N) is 1. The molecule has 0 aliphatic carbocycles. The van der Waals surface area contributed by atoms with Crippen molar-refractivity contribution in [1.29, 1.82) is 0 Å². The number of esters is 1. The fourth-order valence-electron chi connectivity index (χ4n) is 1.09. The van der Waals surface area contributed by atoms with Crippen molar-refractivity contribution in [2.75, 3.05) is 26.1 Å². The first kappa shape index (κ1) is 11.3. The molecule has 1 aromatic rings. The fraction of sp³-hybridized carbons (Fsp3) is 0.300. The van der Waals surface area contributed by atoms with Gasteiger partial charge in [0.25, 0.3) is 0 Å². The lowest BCUT2D eigenvalue weighted by atomic mass is 10.2. The summed E-state index contributed by atoms with van der Waals surface area (Å²) in [6.07, 6.45) is 0. The monoisotopic (exact) mass is 213 g/mol. The number of carbonyl (C=O) groups excluding carboxylic acids is 1. The zero-order valence-corrected chi connectivity index (χ0v) is 8.33. The van der Waals surface area contributed by atoms with E-state index in [1.165, 1.54) is 19.2 Å². The van der Waals surface area contributed by atoms with Crippen LogP contribution in [0.1, 0.15) is 10.4 Å². The molecule has 0 radical (unpaired) electrons. The number of benzene rings is 1. The van der Waals surface area contributed by atoms with Crippen LogP contribution in [0.3, 0.4) is 0 Å². The van der Waals surface area contributed by atoms with Gasteiger partial charge in [-0.15, -0.1) is 0 Å². The van der Waals surface area contributed by atoms with Crippen LogP contribution in [0.2, 0.25) is 0 Å². The zero-order valence-electron chi connectivity index (χ0n) is 8.33. The van der Waals surface area contributed by atoms with E-state index in [1.54, 1.807) is 6.07 Å². The van der Waals surface area contributed by atoms with Gasteiger partial charge in [0.05, 0.1) is 7.11 Å². The van der Waals surface area contributed by atoms with Crippen molar-refractivity contribution < 1.29 is 18.7 Å². The summed E-state index contributed by atoms with van der Waals surface area (Å²) in [5.41, 5.74) is 6.19. The normalized spacial score (nSPS) is 9.73. The number of halogens is 1. The van der Waals surface area contributed by atoms with E-state index >= 15 is 0 Å². The second kappa shape index (κ2) is 5.19. The molecule has 0 atom stereocenters. The summed E-state index contributed by atoms with van der Waals surface area (Å²) >= 11 is 0. The van der Waals surface area contributed by atoms with E-state index in [0.717, 1.165) is 0 Å². The Kier molecular flexibility index (Phi) is 3.91. The van der Waals surface area contributed by atoms with Crippen LogP contribution in [0.25, 0.3) is 0 Å². The lowest BCUT2D eigenvalue weighted by Crippen LogP contribution is -2.08. The molecule has 0 unspecified atom stereocenters. The van der Waals surface area contributed by atoms with Crippen LogP contribution in [-0.2, 0) is 4.74 Å². The first-order valence-corrected chi connectivity index (χ1v) is 4.35.